The van der Waals surface area contributed by atoms with Crippen LogP contribution in [0.25, 0.3) is 21.8 Å². The second-order valence-corrected chi connectivity index (χ2v) is 4.70. The highest BCUT2D eigenvalue weighted by Crippen LogP contribution is 2.25. The summed E-state index contributed by atoms with van der Waals surface area (Å²) in [4.78, 5) is 14.5. The molecule has 0 radical (unpaired) electrons. The van der Waals surface area contributed by atoms with Crippen LogP contribution in [0.3, 0.4) is 0 Å². The van der Waals surface area contributed by atoms with Gasteiger partial charge in [0.25, 0.3) is 5.56 Å². The van der Waals surface area contributed by atoms with Crippen molar-refractivity contribution >= 4 is 21.8 Å². The minimum Gasteiger partial charge on any atom is -0.319 e. The number of fused-ring (bicyclic) bond motifs is 2. The number of hydrogen-bond acceptors (Lipinski definition) is 2. The summed E-state index contributed by atoms with van der Waals surface area (Å²) in [6, 6.07) is 3.56. The van der Waals surface area contributed by atoms with E-state index in [9.17, 15) is 9.18 Å². The Hall–Kier alpha value is -2.17. The van der Waals surface area contributed by atoms with E-state index in [4.69, 9.17) is 0 Å². The number of aromatic nitrogens is 3. The average Bonchev–Trinajstić information content (AvgIpc) is 2.78. The van der Waals surface area contributed by atoms with Crippen molar-refractivity contribution in [1.82, 2.24) is 15.2 Å². The highest BCUT2D eigenvalue weighted by atomic mass is 19.1. The van der Waals surface area contributed by atoms with Gasteiger partial charge in [-0.25, -0.2) is 4.39 Å². The third-order valence-corrected chi connectivity index (χ3v) is 3.14. The van der Waals surface area contributed by atoms with E-state index in [0.717, 1.165) is 0 Å². The van der Waals surface area contributed by atoms with Crippen molar-refractivity contribution in [2.24, 2.45) is 0 Å². The molecular formula is C13H12FN3O. The number of benzene rings is 1. The molecule has 0 unspecified atom stereocenters. The molecule has 0 saturated heterocycles. The van der Waals surface area contributed by atoms with Gasteiger partial charge in [-0.15, -0.1) is 0 Å². The fourth-order valence-corrected chi connectivity index (χ4v) is 2.16. The van der Waals surface area contributed by atoms with E-state index in [-0.39, 0.29) is 17.0 Å². The molecule has 2 heterocycles. The first-order valence-corrected chi connectivity index (χ1v) is 5.76. The molecule has 0 fully saturated rings. The van der Waals surface area contributed by atoms with E-state index in [1.165, 1.54) is 0 Å². The van der Waals surface area contributed by atoms with E-state index < -0.39 is 5.82 Å². The van der Waals surface area contributed by atoms with Crippen LogP contribution in [0.5, 0.6) is 0 Å². The van der Waals surface area contributed by atoms with Crippen LogP contribution in [0.15, 0.2) is 23.1 Å². The largest absolute Gasteiger partial charge is 0.319 e. The Morgan fingerprint density at radius 1 is 1.22 bits per heavy atom. The van der Waals surface area contributed by atoms with Crippen molar-refractivity contribution in [3.8, 4) is 0 Å². The molecular weight excluding hydrogens is 233 g/mol. The molecule has 0 aliphatic heterocycles. The lowest BCUT2D eigenvalue weighted by Crippen LogP contribution is -2.14. The average molecular weight is 245 g/mol. The summed E-state index contributed by atoms with van der Waals surface area (Å²) in [6.07, 6.45) is 1.57. The Bertz CT molecular complexity index is 801. The van der Waals surface area contributed by atoms with Gasteiger partial charge in [0, 0.05) is 16.3 Å². The maximum atomic E-state index is 14.2. The first-order valence-electron chi connectivity index (χ1n) is 5.76. The van der Waals surface area contributed by atoms with Crippen molar-refractivity contribution in [1.29, 1.82) is 0 Å². The number of nitrogens with zero attached hydrogens (tertiary/aromatic N) is 1. The van der Waals surface area contributed by atoms with Crippen LogP contribution in [-0.4, -0.2) is 15.2 Å². The number of hydrogen-bond donors (Lipinski definition) is 2. The van der Waals surface area contributed by atoms with Gasteiger partial charge in [0.15, 0.2) is 5.82 Å². The zero-order valence-electron chi connectivity index (χ0n) is 10.0. The van der Waals surface area contributed by atoms with Crippen molar-refractivity contribution in [3.05, 3.63) is 40.1 Å². The van der Waals surface area contributed by atoms with Crippen LogP contribution in [0.4, 0.5) is 4.39 Å². The maximum Gasteiger partial charge on any atom is 0.251 e. The second-order valence-electron chi connectivity index (χ2n) is 4.70. The van der Waals surface area contributed by atoms with Crippen molar-refractivity contribution in [2.75, 3.05) is 0 Å². The first kappa shape index (κ1) is 11.0. The van der Waals surface area contributed by atoms with Gasteiger partial charge in [-0.05, 0) is 18.1 Å². The number of H-pyrrole nitrogens is 2. The molecule has 3 rings (SSSR count). The minimum atomic E-state index is -0.465. The van der Waals surface area contributed by atoms with E-state index >= 15 is 0 Å². The Balaban J connectivity index is 2.48. The van der Waals surface area contributed by atoms with Crippen LogP contribution in [0, 0.1) is 5.82 Å². The molecule has 0 amide bonds. The Labute approximate surface area is 102 Å². The molecule has 92 valence electrons. The van der Waals surface area contributed by atoms with Crippen LogP contribution in [-0.2, 0) is 0 Å². The quantitative estimate of drug-likeness (QED) is 0.692. The molecule has 3 aromatic rings. The van der Waals surface area contributed by atoms with Gasteiger partial charge in [0.2, 0.25) is 0 Å². The summed E-state index contributed by atoms with van der Waals surface area (Å²) >= 11 is 0. The van der Waals surface area contributed by atoms with Gasteiger partial charge in [0.1, 0.15) is 5.52 Å². The molecule has 0 saturated carbocycles. The molecule has 0 bridgehead atoms. The summed E-state index contributed by atoms with van der Waals surface area (Å²) in [5, 5.41) is 7.78. The zero-order chi connectivity index (χ0) is 12.9. The monoisotopic (exact) mass is 245 g/mol. The molecule has 18 heavy (non-hydrogen) atoms. The molecule has 0 atom stereocenters. The first-order chi connectivity index (χ1) is 8.58. The molecule has 0 aliphatic carbocycles. The Kier molecular flexibility index (Phi) is 2.23. The SMILES string of the molecule is CC(C)c1cc2cc3cn[nH]c3c(F)c2[nH]c1=O. The second kappa shape index (κ2) is 3.66. The normalized spacial score (nSPS) is 11.8. The molecule has 2 aromatic heterocycles. The number of rotatable bonds is 1. The summed E-state index contributed by atoms with van der Waals surface area (Å²) in [7, 11) is 0. The van der Waals surface area contributed by atoms with E-state index in [2.05, 4.69) is 15.2 Å². The summed E-state index contributed by atoms with van der Waals surface area (Å²) in [5.41, 5.74) is 0.955. The van der Waals surface area contributed by atoms with Crippen LogP contribution in [0.2, 0.25) is 0 Å². The maximum absolute atomic E-state index is 14.2. The predicted octanol–water partition coefficient (Wildman–Crippen LogP) is 2.67. The van der Waals surface area contributed by atoms with Gasteiger partial charge < -0.3 is 4.98 Å². The van der Waals surface area contributed by atoms with E-state index in [1.807, 2.05) is 19.9 Å². The fraction of sp³-hybridized carbons (Fsp3) is 0.231. The van der Waals surface area contributed by atoms with Gasteiger partial charge >= 0.3 is 0 Å². The lowest BCUT2D eigenvalue weighted by atomic mass is 10.0. The van der Waals surface area contributed by atoms with E-state index in [1.54, 1.807) is 12.3 Å². The molecule has 2 N–H and O–H groups in total. The standard InChI is InChI=1S/C13H12FN3O/c1-6(2)9-4-7-3-8-5-15-17-12(8)10(14)11(7)16-13(9)18/h3-6H,1-2H3,(H,15,17)(H,16,18). The zero-order valence-corrected chi connectivity index (χ0v) is 10.0. The van der Waals surface area contributed by atoms with Crippen molar-refractivity contribution in [2.45, 2.75) is 19.8 Å². The third-order valence-electron chi connectivity index (χ3n) is 3.14. The topological polar surface area (TPSA) is 61.5 Å². The van der Waals surface area contributed by atoms with Crippen molar-refractivity contribution < 1.29 is 4.39 Å². The smallest absolute Gasteiger partial charge is 0.251 e. The summed E-state index contributed by atoms with van der Waals surface area (Å²) in [5.74, 6) is -0.367. The Morgan fingerprint density at radius 2 is 2.00 bits per heavy atom. The molecule has 0 aliphatic rings. The highest BCUT2D eigenvalue weighted by molar-refractivity contribution is 5.95. The molecule has 1 aromatic carbocycles. The number of nitrogens with one attached hydrogen (secondary N) is 2. The van der Waals surface area contributed by atoms with Gasteiger partial charge in [-0.3, -0.25) is 9.89 Å². The number of halogens is 1. The van der Waals surface area contributed by atoms with Crippen LogP contribution >= 0.6 is 0 Å². The van der Waals surface area contributed by atoms with Gasteiger partial charge in [0.05, 0.1) is 11.7 Å². The molecule has 4 nitrogen and oxygen atoms in total. The fourth-order valence-electron chi connectivity index (χ4n) is 2.16. The molecule has 5 heteroatoms. The summed E-state index contributed by atoms with van der Waals surface area (Å²) < 4.78 is 14.2. The van der Waals surface area contributed by atoms with Crippen molar-refractivity contribution in [3.63, 3.8) is 0 Å². The number of aromatic amines is 2. The highest BCUT2D eigenvalue weighted by Gasteiger charge is 2.13. The van der Waals surface area contributed by atoms with E-state index in [0.29, 0.717) is 21.9 Å². The van der Waals surface area contributed by atoms with Crippen LogP contribution < -0.4 is 5.56 Å². The summed E-state index contributed by atoms with van der Waals surface area (Å²) in [6.45, 7) is 3.87. The third kappa shape index (κ3) is 1.44. The van der Waals surface area contributed by atoms with Crippen LogP contribution in [0.1, 0.15) is 25.3 Å². The minimum absolute atomic E-state index is 0.0984. The lowest BCUT2D eigenvalue weighted by molar-refractivity contribution is 0.644. The Morgan fingerprint density at radius 3 is 2.72 bits per heavy atom. The lowest BCUT2D eigenvalue weighted by Gasteiger charge is -2.07. The van der Waals surface area contributed by atoms with Gasteiger partial charge in [-0.2, -0.15) is 5.10 Å². The number of pyridine rings is 1. The molecule has 0 spiro atoms. The predicted molar refractivity (Wildman–Crippen MR) is 68.3 cm³/mol. The van der Waals surface area contributed by atoms with Gasteiger partial charge in [-0.1, -0.05) is 13.8 Å².